The van der Waals surface area contributed by atoms with E-state index in [1.165, 1.54) is 108 Å². The molecule has 18 aromatic carbocycles. The van der Waals surface area contributed by atoms with Crippen molar-refractivity contribution in [3.8, 4) is 102 Å². The third kappa shape index (κ3) is 11.1. The minimum Gasteiger partial charge on any atom is -0.455 e. The second-order valence-corrected chi connectivity index (χ2v) is 31.5. The van der Waals surface area contributed by atoms with Crippen molar-refractivity contribution in [1.29, 1.82) is 10.5 Å². The molecule has 0 atom stereocenters. The van der Waals surface area contributed by atoms with Crippen LogP contribution in [-0.4, -0.2) is 18.3 Å². The summed E-state index contributed by atoms with van der Waals surface area (Å²) in [6.45, 7) is 0. The maximum atomic E-state index is 9.89. The van der Waals surface area contributed by atoms with Gasteiger partial charge in [-0.15, -0.1) is 11.3 Å². The molecule has 7 nitrogen and oxygen atoms in total. The summed E-state index contributed by atoms with van der Waals surface area (Å²) in [7, 11) is 0. The maximum absolute atomic E-state index is 9.89. The molecule has 0 saturated carbocycles. The largest absolute Gasteiger partial charge is 0.455 e. The number of para-hydroxylation sites is 6. The molecule has 0 bridgehead atoms. The number of hydrogen-bond donors (Lipinski definition) is 0. The van der Waals surface area contributed by atoms with Gasteiger partial charge in [0.05, 0.1) is 67.4 Å². The number of benzene rings is 18. The fourth-order valence-electron chi connectivity index (χ4n) is 18.4. The van der Waals surface area contributed by atoms with E-state index in [0.29, 0.717) is 11.1 Å². The Hall–Kier alpha value is -15.8. The quantitative estimate of drug-likeness (QED) is 0.137. The van der Waals surface area contributed by atoms with E-state index in [0.717, 1.165) is 111 Å². The first-order valence-electron chi connectivity index (χ1n) is 39.8. The van der Waals surface area contributed by atoms with Gasteiger partial charge >= 0.3 is 0 Å². The Labute approximate surface area is 682 Å². The fraction of sp³-hybridized carbons (Fsp3) is 0. The van der Waals surface area contributed by atoms with Crippen molar-refractivity contribution in [3.63, 3.8) is 0 Å². The number of hydrogen-bond acceptors (Lipinski definition) is 4. The van der Waals surface area contributed by atoms with Crippen molar-refractivity contribution in [3.05, 3.63) is 412 Å². The van der Waals surface area contributed by atoms with Crippen molar-refractivity contribution in [2.24, 2.45) is 0 Å². The second-order valence-electron chi connectivity index (χ2n) is 30.5. The highest BCUT2D eigenvalue weighted by molar-refractivity contribution is 7.26. The molecule has 0 amide bonds. The zero-order valence-electron chi connectivity index (χ0n) is 63.6. The molecule has 24 aromatic rings. The van der Waals surface area contributed by atoms with Gasteiger partial charge in [0, 0.05) is 102 Å². The van der Waals surface area contributed by atoms with Gasteiger partial charge in [0.15, 0.2) is 0 Å². The number of thiophene rings is 1. The molecule has 0 N–H and O–H groups in total. The van der Waals surface area contributed by atoms with Gasteiger partial charge in [0.2, 0.25) is 0 Å². The summed E-state index contributed by atoms with van der Waals surface area (Å²) in [5.41, 5.74) is 30.2. The van der Waals surface area contributed by atoms with Crippen LogP contribution in [0.2, 0.25) is 0 Å². The molecule has 6 heterocycles. The zero-order valence-corrected chi connectivity index (χ0v) is 64.4. The van der Waals surface area contributed by atoms with E-state index in [1.54, 1.807) is 0 Å². The average molecular weight is 1520 g/mol. The van der Waals surface area contributed by atoms with Crippen molar-refractivity contribution in [2.75, 3.05) is 0 Å². The van der Waals surface area contributed by atoms with Crippen LogP contribution in [0, 0.1) is 22.7 Å². The number of nitrogens with zero attached hydrogens (tertiary/aromatic N) is 6. The summed E-state index contributed by atoms with van der Waals surface area (Å²) in [5, 5.41) is 34.2. The minimum absolute atomic E-state index is 0.622. The van der Waals surface area contributed by atoms with Gasteiger partial charge in [-0.25, -0.2) is 0 Å². The topological polar surface area (TPSA) is 80.4 Å². The molecule has 24 rings (SSSR count). The van der Waals surface area contributed by atoms with Crippen molar-refractivity contribution < 1.29 is 4.42 Å². The number of fused-ring (bicyclic) bond motifs is 18. The van der Waals surface area contributed by atoms with Crippen LogP contribution in [0.4, 0.5) is 0 Å². The fourth-order valence-corrected chi connectivity index (χ4v) is 19.7. The normalized spacial score (nSPS) is 11.7. The van der Waals surface area contributed by atoms with E-state index in [-0.39, 0.29) is 0 Å². The van der Waals surface area contributed by atoms with Crippen LogP contribution in [-0.2, 0) is 0 Å². The van der Waals surface area contributed by atoms with Gasteiger partial charge in [-0.2, -0.15) is 10.5 Å². The predicted molar refractivity (Wildman–Crippen MR) is 492 cm³/mol. The summed E-state index contributed by atoms with van der Waals surface area (Å²) in [6, 6.07) is 148. The molecule has 0 unspecified atom stereocenters. The lowest BCUT2D eigenvalue weighted by Gasteiger charge is -2.10. The molecule has 0 fully saturated rings. The lowest BCUT2D eigenvalue weighted by Crippen LogP contribution is -1.94. The van der Waals surface area contributed by atoms with Gasteiger partial charge in [-0.3, -0.25) is 0 Å². The highest BCUT2D eigenvalue weighted by atomic mass is 32.1. The van der Waals surface area contributed by atoms with Crippen molar-refractivity contribution in [1.82, 2.24) is 18.3 Å². The van der Waals surface area contributed by atoms with E-state index >= 15 is 0 Å². The molecule has 0 saturated heterocycles. The summed E-state index contributed by atoms with van der Waals surface area (Å²) < 4.78 is 18.4. The first kappa shape index (κ1) is 67.8. The van der Waals surface area contributed by atoms with E-state index < -0.39 is 0 Å². The third-order valence-electron chi connectivity index (χ3n) is 23.9. The third-order valence-corrected chi connectivity index (χ3v) is 25.1. The molecular weight excluding hydrogens is 1450 g/mol. The standard InChI is InChI=1S/C55H33N3O.C55H33N3S/c2*56-34-35-11-8-16-42(29-35)58-52-28-25-39(32-49(52)45-26-23-40(33-53(45)58)43-19-10-20-47-46-18-5-7-22-54(46)59-55(43)47)37-13-9-12-36(30-37)38-24-27-51-48(31-38)44-17-4-6-21-50(44)57(51)41-14-2-1-3-15-41/h2*1-33H. The summed E-state index contributed by atoms with van der Waals surface area (Å²) in [5.74, 6) is 0. The number of furan rings is 1. The first-order valence-corrected chi connectivity index (χ1v) is 40.6. The Balaban J connectivity index is 0.000000138. The van der Waals surface area contributed by atoms with Gasteiger partial charge < -0.3 is 22.7 Å². The van der Waals surface area contributed by atoms with E-state index in [2.05, 4.69) is 382 Å². The van der Waals surface area contributed by atoms with Gasteiger partial charge in [0.1, 0.15) is 11.2 Å². The lowest BCUT2D eigenvalue weighted by molar-refractivity contribution is 0.670. The van der Waals surface area contributed by atoms with Crippen LogP contribution in [0.25, 0.3) is 219 Å². The molecule has 0 aliphatic carbocycles. The Morgan fingerprint density at radius 3 is 1.05 bits per heavy atom. The smallest absolute Gasteiger partial charge is 0.143 e. The Bertz CT molecular complexity index is 7870. The highest BCUT2D eigenvalue weighted by Crippen LogP contribution is 2.47. The summed E-state index contributed by atoms with van der Waals surface area (Å²) >= 11 is 1.85. The van der Waals surface area contributed by atoms with Gasteiger partial charge in [-0.1, -0.05) is 243 Å². The molecule has 548 valence electrons. The lowest BCUT2D eigenvalue weighted by atomic mass is 9.96. The highest BCUT2D eigenvalue weighted by Gasteiger charge is 2.23. The second kappa shape index (κ2) is 27.5. The molecular formula is C110H66N6OS. The summed E-state index contributed by atoms with van der Waals surface area (Å²) in [4.78, 5) is 0. The SMILES string of the molecule is N#Cc1cccc(-n2c3ccc(-c4cccc(-c5ccc6c(c5)c5ccccc5n6-c5ccccc5)c4)cc3c3ccc(-c4cccc5c4oc4ccccc45)cc32)c1.N#Cc1cccc(-n2c3ccc(-c4cccc(-c5ccc6c(c5)c5ccccc5n6-c5ccccc5)c4)cc3c3ccc(-c4cccc5c4sc4ccccc45)cc32)c1. The Kier molecular flexibility index (Phi) is 15.8. The van der Waals surface area contributed by atoms with Crippen LogP contribution >= 0.6 is 11.3 Å². The molecule has 8 heteroatoms. The number of nitriles is 2. The average Bonchev–Trinajstić information content (AvgIpc) is 1.57. The number of aromatic nitrogens is 4. The van der Waals surface area contributed by atoms with Gasteiger partial charge in [0.25, 0.3) is 0 Å². The maximum Gasteiger partial charge on any atom is 0.143 e. The van der Waals surface area contributed by atoms with E-state index in [9.17, 15) is 10.5 Å². The number of rotatable bonds is 10. The van der Waals surface area contributed by atoms with Crippen molar-refractivity contribution >= 4 is 141 Å². The first-order chi connectivity index (χ1) is 58.4. The molecule has 0 aliphatic rings. The van der Waals surface area contributed by atoms with Crippen LogP contribution in [0.5, 0.6) is 0 Å². The van der Waals surface area contributed by atoms with Crippen LogP contribution in [0.3, 0.4) is 0 Å². The molecule has 0 spiro atoms. The molecule has 6 aromatic heterocycles. The van der Waals surface area contributed by atoms with E-state index in [4.69, 9.17) is 4.42 Å². The molecule has 0 radical (unpaired) electrons. The summed E-state index contributed by atoms with van der Waals surface area (Å²) in [6.07, 6.45) is 0. The predicted octanol–water partition coefficient (Wildman–Crippen LogP) is 29.8. The Morgan fingerprint density at radius 2 is 0.559 bits per heavy atom. The monoisotopic (exact) mass is 1520 g/mol. The van der Waals surface area contributed by atoms with Crippen LogP contribution < -0.4 is 0 Å². The minimum atomic E-state index is 0.622. The molecule has 0 aliphatic heterocycles. The van der Waals surface area contributed by atoms with Crippen LogP contribution in [0.15, 0.2) is 405 Å². The Morgan fingerprint density at radius 1 is 0.212 bits per heavy atom. The van der Waals surface area contributed by atoms with Crippen molar-refractivity contribution in [2.45, 2.75) is 0 Å². The van der Waals surface area contributed by atoms with Gasteiger partial charge in [-0.05, 0) is 219 Å². The van der Waals surface area contributed by atoms with E-state index in [1.807, 2.05) is 59.9 Å². The van der Waals surface area contributed by atoms with Crippen LogP contribution in [0.1, 0.15) is 11.1 Å². The molecule has 118 heavy (non-hydrogen) atoms. The zero-order chi connectivity index (χ0) is 78.1.